The first-order valence-electron chi connectivity index (χ1n) is 10.0. The Hall–Kier alpha value is -2.33. The van der Waals surface area contributed by atoms with Gasteiger partial charge in [0.05, 0.1) is 0 Å². The molecular formula is C23H30N2O2. The summed E-state index contributed by atoms with van der Waals surface area (Å²) in [4.78, 5) is 14.9. The third kappa shape index (κ3) is 5.57. The van der Waals surface area contributed by atoms with Gasteiger partial charge in [0.1, 0.15) is 5.75 Å². The molecule has 0 spiro atoms. The molecule has 2 aromatic rings. The van der Waals surface area contributed by atoms with Gasteiger partial charge in [-0.05, 0) is 49.5 Å². The van der Waals surface area contributed by atoms with Crippen LogP contribution in [0.4, 0.5) is 0 Å². The van der Waals surface area contributed by atoms with Gasteiger partial charge < -0.3 is 15.0 Å². The van der Waals surface area contributed by atoms with Crippen LogP contribution < -0.4 is 10.1 Å². The highest BCUT2D eigenvalue weighted by Gasteiger charge is 2.25. The number of hydrogen-bond donors (Lipinski definition) is 1. The summed E-state index contributed by atoms with van der Waals surface area (Å²) in [6.07, 6.45) is 3.82. The molecule has 0 radical (unpaired) electrons. The van der Waals surface area contributed by atoms with Gasteiger partial charge in [-0.15, -0.1) is 0 Å². The molecule has 0 aromatic heterocycles. The summed E-state index contributed by atoms with van der Waals surface area (Å²) in [5.74, 6) is 0.898. The monoisotopic (exact) mass is 366 g/mol. The first-order valence-corrected chi connectivity index (χ1v) is 10.0. The number of rotatable bonds is 8. The van der Waals surface area contributed by atoms with E-state index in [1.54, 1.807) is 0 Å². The van der Waals surface area contributed by atoms with Crippen molar-refractivity contribution in [2.24, 2.45) is 0 Å². The quantitative estimate of drug-likeness (QED) is 0.775. The lowest BCUT2D eigenvalue weighted by atomic mass is 10.0. The summed E-state index contributed by atoms with van der Waals surface area (Å²) in [6, 6.07) is 18.7. The fourth-order valence-electron chi connectivity index (χ4n) is 3.70. The van der Waals surface area contributed by atoms with Gasteiger partial charge >= 0.3 is 0 Å². The van der Waals surface area contributed by atoms with E-state index in [1.807, 2.05) is 41.3 Å². The SMILES string of the molecule is CCCN(C(=O)COc1ccccc1Cc1ccccc1)C1CCNCC1. The smallest absolute Gasteiger partial charge is 0.260 e. The third-order valence-electron chi connectivity index (χ3n) is 5.10. The van der Waals surface area contributed by atoms with Gasteiger partial charge in [-0.25, -0.2) is 0 Å². The molecule has 1 N–H and O–H groups in total. The van der Waals surface area contributed by atoms with Crippen molar-refractivity contribution in [3.05, 3.63) is 65.7 Å². The maximum atomic E-state index is 12.9. The Bertz CT molecular complexity index is 711. The van der Waals surface area contributed by atoms with E-state index in [4.69, 9.17) is 4.74 Å². The maximum Gasteiger partial charge on any atom is 0.260 e. The van der Waals surface area contributed by atoms with E-state index < -0.39 is 0 Å². The Morgan fingerprint density at radius 3 is 2.52 bits per heavy atom. The number of amides is 1. The molecular weight excluding hydrogens is 336 g/mol. The van der Waals surface area contributed by atoms with E-state index in [0.717, 1.165) is 56.6 Å². The van der Waals surface area contributed by atoms with Crippen molar-refractivity contribution >= 4 is 5.91 Å². The van der Waals surface area contributed by atoms with Crippen molar-refractivity contribution in [3.63, 3.8) is 0 Å². The summed E-state index contributed by atoms with van der Waals surface area (Å²) >= 11 is 0. The standard InChI is InChI=1S/C23H30N2O2/c1-2-16-25(21-12-14-24-15-13-21)23(26)18-27-22-11-7-6-10-20(22)17-19-8-4-3-5-9-19/h3-11,21,24H,2,12-18H2,1H3. The predicted octanol–water partition coefficient (Wildman–Crippen LogP) is 3.65. The molecule has 0 aliphatic carbocycles. The largest absolute Gasteiger partial charge is 0.483 e. The number of para-hydroxylation sites is 1. The second kappa shape index (κ2) is 10.1. The average molecular weight is 367 g/mol. The summed E-state index contributed by atoms with van der Waals surface area (Å²) < 4.78 is 5.98. The highest BCUT2D eigenvalue weighted by molar-refractivity contribution is 5.78. The van der Waals surface area contributed by atoms with Crippen molar-refractivity contribution in [3.8, 4) is 5.75 Å². The molecule has 0 atom stereocenters. The van der Waals surface area contributed by atoms with Gasteiger partial charge in [0.25, 0.3) is 5.91 Å². The zero-order valence-corrected chi connectivity index (χ0v) is 16.2. The summed E-state index contributed by atoms with van der Waals surface area (Å²) in [7, 11) is 0. The Kier molecular flexibility index (Phi) is 7.28. The molecule has 0 unspecified atom stereocenters. The number of carbonyl (C=O) groups is 1. The van der Waals surface area contributed by atoms with E-state index in [1.165, 1.54) is 5.56 Å². The van der Waals surface area contributed by atoms with E-state index in [-0.39, 0.29) is 12.5 Å². The van der Waals surface area contributed by atoms with Gasteiger partial charge in [0.2, 0.25) is 0 Å². The van der Waals surface area contributed by atoms with Crippen LogP contribution in [-0.4, -0.2) is 43.1 Å². The van der Waals surface area contributed by atoms with Crippen LogP contribution in [0.1, 0.15) is 37.3 Å². The zero-order chi connectivity index (χ0) is 18.9. The number of nitrogens with zero attached hydrogens (tertiary/aromatic N) is 1. The summed E-state index contributed by atoms with van der Waals surface area (Å²) in [5.41, 5.74) is 2.35. The Morgan fingerprint density at radius 1 is 1.07 bits per heavy atom. The van der Waals surface area contributed by atoms with Crippen LogP contribution in [-0.2, 0) is 11.2 Å². The van der Waals surface area contributed by atoms with E-state index in [9.17, 15) is 4.79 Å². The van der Waals surface area contributed by atoms with Crippen molar-refractivity contribution in [2.75, 3.05) is 26.2 Å². The molecule has 2 aromatic carbocycles. The number of ether oxygens (including phenoxy) is 1. The molecule has 4 nitrogen and oxygen atoms in total. The van der Waals surface area contributed by atoms with Crippen LogP contribution in [0.5, 0.6) is 5.75 Å². The van der Waals surface area contributed by atoms with Crippen molar-refractivity contribution in [1.29, 1.82) is 0 Å². The highest BCUT2D eigenvalue weighted by atomic mass is 16.5. The van der Waals surface area contributed by atoms with Crippen molar-refractivity contribution < 1.29 is 9.53 Å². The van der Waals surface area contributed by atoms with Crippen LogP contribution in [0.25, 0.3) is 0 Å². The lowest BCUT2D eigenvalue weighted by molar-refractivity contribution is -0.136. The molecule has 1 aliphatic heterocycles. The number of benzene rings is 2. The second-order valence-electron chi connectivity index (χ2n) is 7.13. The number of piperidine rings is 1. The zero-order valence-electron chi connectivity index (χ0n) is 16.2. The molecule has 0 saturated carbocycles. The molecule has 1 fully saturated rings. The minimum atomic E-state index is 0.0956. The third-order valence-corrected chi connectivity index (χ3v) is 5.10. The predicted molar refractivity (Wildman–Crippen MR) is 109 cm³/mol. The minimum Gasteiger partial charge on any atom is -0.483 e. The molecule has 144 valence electrons. The Balaban J connectivity index is 1.63. The molecule has 3 rings (SSSR count). The fourth-order valence-corrected chi connectivity index (χ4v) is 3.70. The average Bonchev–Trinajstić information content (AvgIpc) is 2.72. The Morgan fingerprint density at radius 2 is 1.78 bits per heavy atom. The first-order chi connectivity index (χ1) is 13.3. The van der Waals surface area contributed by atoms with Gasteiger partial charge in [-0.2, -0.15) is 0 Å². The summed E-state index contributed by atoms with van der Waals surface area (Å²) in [5, 5.41) is 3.37. The normalized spacial score (nSPS) is 14.7. The Labute approximate surface area is 162 Å². The van der Waals surface area contributed by atoms with E-state index in [2.05, 4.69) is 30.4 Å². The molecule has 1 saturated heterocycles. The van der Waals surface area contributed by atoms with Gasteiger partial charge in [-0.3, -0.25) is 4.79 Å². The topological polar surface area (TPSA) is 41.6 Å². The lowest BCUT2D eigenvalue weighted by Crippen LogP contribution is -2.48. The van der Waals surface area contributed by atoms with Crippen LogP contribution in [0.15, 0.2) is 54.6 Å². The maximum absolute atomic E-state index is 12.9. The second-order valence-corrected chi connectivity index (χ2v) is 7.13. The molecule has 27 heavy (non-hydrogen) atoms. The molecule has 0 bridgehead atoms. The molecule has 4 heteroatoms. The van der Waals surface area contributed by atoms with Crippen LogP contribution >= 0.6 is 0 Å². The van der Waals surface area contributed by atoms with E-state index >= 15 is 0 Å². The van der Waals surface area contributed by atoms with Gasteiger partial charge in [0, 0.05) is 19.0 Å². The molecule has 1 aliphatic rings. The summed E-state index contributed by atoms with van der Waals surface area (Å²) in [6.45, 7) is 5.00. The highest BCUT2D eigenvalue weighted by Crippen LogP contribution is 2.22. The fraction of sp³-hybridized carbons (Fsp3) is 0.435. The van der Waals surface area contributed by atoms with Gasteiger partial charge in [0.15, 0.2) is 6.61 Å². The lowest BCUT2D eigenvalue weighted by Gasteiger charge is -2.34. The van der Waals surface area contributed by atoms with Crippen LogP contribution in [0.2, 0.25) is 0 Å². The first kappa shape index (κ1) is 19.4. The molecule has 1 amide bonds. The van der Waals surface area contributed by atoms with Crippen molar-refractivity contribution in [2.45, 2.75) is 38.6 Å². The molecule has 1 heterocycles. The number of nitrogens with one attached hydrogen (secondary N) is 1. The number of carbonyl (C=O) groups excluding carboxylic acids is 1. The van der Waals surface area contributed by atoms with E-state index in [0.29, 0.717) is 6.04 Å². The number of hydrogen-bond acceptors (Lipinski definition) is 3. The van der Waals surface area contributed by atoms with Gasteiger partial charge in [-0.1, -0.05) is 55.5 Å². The van der Waals surface area contributed by atoms with Crippen molar-refractivity contribution in [1.82, 2.24) is 10.2 Å². The van der Waals surface area contributed by atoms with Crippen LogP contribution in [0.3, 0.4) is 0 Å². The minimum absolute atomic E-state index is 0.0956. The van der Waals surface area contributed by atoms with Crippen LogP contribution in [0, 0.1) is 0 Å².